The Balaban J connectivity index is 1.58. The van der Waals surface area contributed by atoms with Crippen LogP contribution in [0.1, 0.15) is 56.1 Å². The van der Waals surface area contributed by atoms with Crippen molar-refractivity contribution in [3.63, 3.8) is 0 Å². The minimum absolute atomic E-state index is 0.0142. The summed E-state index contributed by atoms with van der Waals surface area (Å²) in [5.74, 6) is -1.28. The number of nitrogens with one attached hydrogen (secondary N) is 2. The molecular weight excluding hydrogens is 408 g/mol. The van der Waals surface area contributed by atoms with Crippen molar-refractivity contribution in [2.75, 3.05) is 13.2 Å². The number of benzene rings is 2. The van der Waals surface area contributed by atoms with E-state index in [4.69, 9.17) is 9.84 Å². The molecule has 2 amide bonds. The van der Waals surface area contributed by atoms with Gasteiger partial charge in [0, 0.05) is 18.9 Å². The number of carboxylic acids is 1. The Kier molecular flexibility index (Phi) is 8.25. The fourth-order valence-corrected chi connectivity index (χ4v) is 4.03. The van der Waals surface area contributed by atoms with Gasteiger partial charge in [-0.1, -0.05) is 68.3 Å². The summed E-state index contributed by atoms with van der Waals surface area (Å²) in [6.45, 7) is 2.44. The Morgan fingerprint density at radius 1 is 1.00 bits per heavy atom. The number of hydrogen-bond acceptors (Lipinski definition) is 4. The fourth-order valence-electron chi connectivity index (χ4n) is 4.03. The molecule has 1 aliphatic carbocycles. The molecule has 0 heterocycles. The molecule has 7 nitrogen and oxygen atoms in total. The van der Waals surface area contributed by atoms with Crippen LogP contribution in [-0.4, -0.2) is 42.3 Å². The molecule has 0 aromatic heterocycles. The number of hydrogen-bond donors (Lipinski definition) is 3. The number of aliphatic carboxylic acids is 1. The number of unbranched alkanes of at least 4 members (excludes halogenated alkanes) is 1. The number of amides is 2. The van der Waals surface area contributed by atoms with Gasteiger partial charge in [0.25, 0.3) is 0 Å². The van der Waals surface area contributed by atoms with Crippen LogP contribution in [0.25, 0.3) is 11.1 Å². The Morgan fingerprint density at radius 2 is 1.62 bits per heavy atom. The van der Waals surface area contributed by atoms with Gasteiger partial charge in [0.1, 0.15) is 12.6 Å². The van der Waals surface area contributed by atoms with Crippen molar-refractivity contribution in [2.45, 2.75) is 51.0 Å². The van der Waals surface area contributed by atoms with E-state index in [1.54, 1.807) is 0 Å². The van der Waals surface area contributed by atoms with E-state index >= 15 is 0 Å². The monoisotopic (exact) mass is 438 g/mol. The lowest BCUT2D eigenvalue weighted by Gasteiger charge is -2.19. The molecule has 2 aromatic carbocycles. The standard InChI is InChI=1S/C25H30N2O5/c1-2-3-13-22(24(30)26-15-8-14-23(28)29)27-25(31)32-16-21-19-11-6-4-9-17(19)18-10-5-7-12-20(18)21/h4-7,9-12,21-22H,2-3,8,13-16H2,1H3,(H,26,30)(H,27,31)(H,28,29)/t22-/m0/s1. The van der Waals surface area contributed by atoms with Crippen LogP contribution in [0, 0.1) is 0 Å². The SMILES string of the molecule is CCCC[C@H](NC(=O)OCC1c2ccccc2-c2ccccc21)C(=O)NCCCC(=O)O. The number of carbonyl (C=O) groups excluding carboxylic acids is 2. The second-order valence-electron chi connectivity index (χ2n) is 7.95. The first-order chi connectivity index (χ1) is 15.5. The molecule has 170 valence electrons. The lowest BCUT2D eigenvalue weighted by Crippen LogP contribution is -2.47. The van der Waals surface area contributed by atoms with E-state index < -0.39 is 18.1 Å². The number of ether oxygens (including phenoxy) is 1. The molecule has 0 fully saturated rings. The van der Waals surface area contributed by atoms with Crippen molar-refractivity contribution in [3.8, 4) is 11.1 Å². The summed E-state index contributed by atoms with van der Waals surface area (Å²) < 4.78 is 5.55. The van der Waals surface area contributed by atoms with Crippen LogP contribution in [0.5, 0.6) is 0 Å². The molecule has 3 rings (SSSR count). The third kappa shape index (κ3) is 5.87. The van der Waals surface area contributed by atoms with Gasteiger partial charge in [-0.25, -0.2) is 4.79 Å². The Labute approximate surface area is 188 Å². The average Bonchev–Trinajstić information content (AvgIpc) is 3.11. The zero-order valence-corrected chi connectivity index (χ0v) is 18.3. The van der Waals surface area contributed by atoms with E-state index in [2.05, 4.69) is 34.9 Å². The highest BCUT2D eigenvalue weighted by atomic mass is 16.5. The van der Waals surface area contributed by atoms with Crippen LogP contribution in [-0.2, 0) is 14.3 Å². The van der Waals surface area contributed by atoms with Crippen molar-refractivity contribution < 1.29 is 24.2 Å². The van der Waals surface area contributed by atoms with Crippen LogP contribution < -0.4 is 10.6 Å². The fraction of sp³-hybridized carbons (Fsp3) is 0.400. The number of carbonyl (C=O) groups is 3. The maximum absolute atomic E-state index is 12.5. The molecular formula is C25H30N2O5. The van der Waals surface area contributed by atoms with Crippen LogP contribution in [0.4, 0.5) is 4.79 Å². The Bertz CT molecular complexity index is 913. The van der Waals surface area contributed by atoms with Gasteiger partial charge in [0.15, 0.2) is 0 Å². The molecule has 2 aromatic rings. The summed E-state index contributed by atoms with van der Waals surface area (Å²) in [6, 6.07) is 15.5. The molecule has 0 aliphatic heterocycles. The van der Waals surface area contributed by atoms with Gasteiger partial charge in [0.2, 0.25) is 5.91 Å². The van der Waals surface area contributed by atoms with Gasteiger partial charge in [-0.2, -0.15) is 0 Å². The maximum Gasteiger partial charge on any atom is 0.407 e. The van der Waals surface area contributed by atoms with Crippen molar-refractivity contribution in [1.29, 1.82) is 0 Å². The molecule has 0 saturated heterocycles. The second kappa shape index (κ2) is 11.3. The predicted molar refractivity (Wildman–Crippen MR) is 121 cm³/mol. The smallest absolute Gasteiger partial charge is 0.407 e. The zero-order valence-electron chi connectivity index (χ0n) is 18.3. The molecule has 0 saturated carbocycles. The van der Waals surface area contributed by atoms with E-state index in [0.29, 0.717) is 12.8 Å². The van der Waals surface area contributed by atoms with Crippen LogP contribution in [0.3, 0.4) is 0 Å². The highest BCUT2D eigenvalue weighted by molar-refractivity contribution is 5.85. The van der Waals surface area contributed by atoms with Gasteiger partial charge in [-0.05, 0) is 35.1 Å². The maximum atomic E-state index is 12.5. The molecule has 0 spiro atoms. The van der Waals surface area contributed by atoms with E-state index in [1.807, 2.05) is 31.2 Å². The zero-order chi connectivity index (χ0) is 22.9. The first-order valence-electron chi connectivity index (χ1n) is 11.1. The minimum Gasteiger partial charge on any atom is -0.481 e. The molecule has 0 bridgehead atoms. The molecule has 32 heavy (non-hydrogen) atoms. The topological polar surface area (TPSA) is 105 Å². The number of fused-ring (bicyclic) bond motifs is 3. The van der Waals surface area contributed by atoms with Crippen LogP contribution in [0.15, 0.2) is 48.5 Å². The molecule has 1 atom stereocenters. The largest absolute Gasteiger partial charge is 0.481 e. The third-order valence-electron chi connectivity index (χ3n) is 5.67. The van der Waals surface area contributed by atoms with E-state index in [9.17, 15) is 14.4 Å². The Morgan fingerprint density at radius 3 is 2.22 bits per heavy atom. The summed E-state index contributed by atoms with van der Waals surface area (Å²) in [5, 5.41) is 14.1. The summed E-state index contributed by atoms with van der Waals surface area (Å²) in [5.41, 5.74) is 4.55. The minimum atomic E-state index is -0.904. The number of rotatable bonds is 11. The van der Waals surface area contributed by atoms with Crippen molar-refractivity contribution in [3.05, 3.63) is 59.7 Å². The summed E-state index contributed by atoms with van der Waals surface area (Å²) in [4.78, 5) is 35.6. The van der Waals surface area contributed by atoms with Crippen molar-refractivity contribution in [1.82, 2.24) is 10.6 Å². The van der Waals surface area contributed by atoms with Gasteiger partial charge in [-0.3, -0.25) is 9.59 Å². The highest BCUT2D eigenvalue weighted by Crippen LogP contribution is 2.44. The third-order valence-corrected chi connectivity index (χ3v) is 5.67. The summed E-state index contributed by atoms with van der Waals surface area (Å²) >= 11 is 0. The van der Waals surface area contributed by atoms with Crippen LogP contribution in [0.2, 0.25) is 0 Å². The molecule has 7 heteroatoms. The predicted octanol–water partition coefficient (Wildman–Crippen LogP) is 4.06. The van der Waals surface area contributed by atoms with E-state index in [-0.39, 0.29) is 31.4 Å². The Hall–Kier alpha value is -3.35. The first-order valence-corrected chi connectivity index (χ1v) is 11.1. The average molecular weight is 439 g/mol. The lowest BCUT2D eigenvalue weighted by atomic mass is 9.98. The molecule has 3 N–H and O–H groups in total. The normalized spacial score (nSPS) is 13.0. The first kappa shape index (κ1) is 23.3. The van der Waals surface area contributed by atoms with Crippen molar-refractivity contribution in [2.24, 2.45) is 0 Å². The number of carboxylic acid groups (broad SMARTS) is 1. The van der Waals surface area contributed by atoms with Crippen LogP contribution >= 0.6 is 0 Å². The molecule has 0 radical (unpaired) electrons. The summed E-state index contributed by atoms with van der Waals surface area (Å²) in [7, 11) is 0. The van der Waals surface area contributed by atoms with E-state index in [1.165, 1.54) is 0 Å². The van der Waals surface area contributed by atoms with Gasteiger partial charge < -0.3 is 20.5 Å². The highest BCUT2D eigenvalue weighted by Gasteiger charge is 2.29. The molecule has 0 unspecified atom stereocenters. The quantitative estimate of drug-likeness (QED) is 0.459. The lowest BCUT2D eigenvalue weighted by molar-refractivity contribution is -0.137. The summed E-state index contributed by atoms with van der Waals surface area (Å²) in [6.07, 6.45) is 1.85. The van der Waals surface area contributed by atoms with E-state index in [0.717, 1.165) is 35.1 Å². The molecule has 1 aliphatic rings. The number of alkyl carbamates (subject to hydrolysis) is 1. The van der Waals surface area contributed by atoms with Gasteiger partial charge >= 0.3 is 12.1 Å². The van der Waals surface area contributed by atoms with Gasteiger partial charge in [0.05, 0.1) is 0 Å². The second-order valence-corrected chi connectivity index (χ2v) is 7.95. The van der Waals surface area contributed by atoms with Gasteiger partial charge in [-0.15, -0.1) is 0 Å². The van der Waals surface area contributed by atoms with Crippen molar-refractivity contribution >= 4 is 18.0 Å².